The molecule has 1 atom stereocenters. The van der Waals surface area contributed by atoms with Gasteiger partial charge in [-0.25, -0.2) is 9.97 Å². The van der Waals surface area contributed by atoms with Crippen molar-refractivity contribution in [1.29, 1.82) is 0 Å². The highest BCUT2D eigenvalue weighted by atomic mass is 16.3. The minimum atomic E-state index is -0.755. The molecule has 1 amide bonds. The van der Waals surface area contributed by atoms with Crippen LogP contribution in [0.15, 0.2) is 24.8 Å². The summed E-state index contributed by atoms with van der Waals surface area (Å²) >= 11 is 0. The van der Waals surface area contributed by atoms with Gasteiger partial charge in [0.25, 0.3) is 5.91 Å². The molecule has 0 saturated carbocycles. The van der Waals surface area contributed by atoms with Gasteiger partial charge in [0.15, 0.2) is 5.65 Å². The lowest BCUT2D eigenvalue weighted by Crippen LogP contribution is -2.50. The summed E-state index contributed by atoms with van der Waals surface area (Å²) in [6.45, 7) is 5.16. The molecule has 0 unspecified atom stereocenters. The summed E-state index contributed by atoms with van der Waals surface area (Å²) in [5, 5.41) is 16.7. The monoisotopic (exact) mass is 328 g/mol. The van der Waals surface area contributed by atoms with Crippen LogP contribution in [0.4, 0.5) is 0 Å². The lowest BCUT2D eigenvalue weighted by molar-refractivity contribution is 0.0710. The van der Waals surface area contributed by atoms with Crippen LogP contribution < -0.4 is 5.32 Å². The zero-order chi connectivity index (χ0) is 17.5. The predicted molar refractivity (Wildman–Crippen MR) is 89.3 cm³/mol. The van der Waals surface area contributed by atoms with Gasteiger partial charge in [0, 0.05) is 25.0 Å². The average molecular weight is 328 g/mol. The van der Waals surface area contributed by atoms with Gasteiger partial charge in [-0.2, -0.15) is 5.10 Å². The molecule has 0 saturated heterocycles. The van der Waals surface area contributed by atoms with Gasteiger partial charge in [-0.1, -0.05) is 0 Å². The van der Waals surface area contributed by atoms with Gasteiger partial charge in [0.05, 0.1) is 35.3 Å². The average Bonchev–Trinajstić information content (AvgIpc) is 3.11. The molecule has 0 aliphatic rings. The number of aliphatic hydroxyl groups is 1. The van der Waals surface area contributed by atoms with Crippen molar-refractivity contribution in [2.45, 2.75) is 32.4 Å². The topological polar surface area (TPSA) is 109 Å². The number of hydrogen-bond donors (Lipinski definition) is 3. The molecule has 3 aromatic rings. The first-order valence-electron chi connectivity index (χ1n) is 7.61. The Balaban J connectivity index is 1.98. The molecule has 8 nitrogen and oxygen atoms in total. The molecule has 0 aliphatic carbocycles. The fourth-order valence-corrected chi connectivity index (χ4v) is 2.22. The second-order valence-electron chi connectivity index (χ2n) is 6.41. The van der Waals surface area contributed by atoms with Crippen LogP contribution in [-0.2, 0) is 7.05 Å². The number of aromatic amines is 1. The summed E-state index contributed by atoms with van der Waals surface area (Å²) < 4.78 is 1.68. The number of carbonyl (C=O) groups is 1. The summed E-state index contributed by atoms with van der Waals surface area (Å²) in [6.07, 6.45) is 6.05. The Hall–Kier alpha value is -2.74. The number of aryl methyl sites for hydroxylation is 1. The van der Waals surface area contributed by atoms with E-state index in [2.05, 4.69) is 25.4 Å². The van der Waals surface area contributed by atoms with E-state index in [4.69, 9.17) is 0 Å². The quantitative estimate of drug-likeness (QED) is 0.668. The van der Waals surface area contributed by atoms with Crippen molar-refractivity contribution in [3.05, 3.63) is 30.4 Å². The van der Waals surface area contributed by atoms with Crippen LogP contribution in [0.5, 0.6) is 0 Å². The third-order valence-corrected chi connectivity index (χ3v) is 4.11. The van der Waals surface area contributed by atoms with Gasteiger partial charge in [0.1, 0.15) is 5.52 Å². The fourth-order valence-electron chi connectivity index (χ4n) is 2.22. The van der Waals surface area contributed by atoms with Crippen LogP contribution in [0.3, 0.4) is 0 Å². The summed E-state index contributed by atoms with van der Waals surface area (Å²) in [4.78, 5) is 24.4. The SMILES string of the molecule is C[C@@H](O)C(C)(C)NC(=O)c1c[nH]c2ncc(-c3cnn(C)c3)nc12. The van der Waals surface area contributed by atoms with Crippen LogP contribution in [0.25, 0.3) is 22.4 Å². The minimum Gasteiger partial charge on any atom is -0.391 e. The number of nitrogens with one attached hydrogen (secondary N) is 2. The highest BCUT2D eigenvalue weighted by Crippen LogP contribution is 2.21. The molecule has 0 aliphatic heterocycles. The van der Waals surface area contributed by atoms with Crippen molar-refractivity contribution in [3.8, 4) is 11.3 Å². The van der Waals surface area contributed by atoms with Crippen LogP contribution in [-0.4, -0.2) is 47.4 Å². The number of aliphatic hydroxyl groups excluding tert-OH is 1. The number of nitrogens with zero attached hydrogens (tertiary/aromatic N) is 4. The normalized spacial score (nSPS) is 13.2. The maximum Gasteiger partial charge on any atom is 0.255 e. The molecule has 3 aromatic heterocycles. The lowest BCUT2D eigenvalue weighted by atomic mass is 9.98. The van der Waals surface area contributed by atoms with E-state index in [1.54, 1.807) is 44.0 Å². The van der Waals surface area contributed by atoms with Gasteiger partial charge in [0.2, 0.25) is 0 Å². The highest BCUT2D eigenvalue weighted by Gasteiger charge is 2.28. The zero-order valence-corrected chi connectivity index (χ0v) is 14.0. The van der Waals surface area contributed by atoms with Crippen molar-refractivity contribution in [3.63, 3.8) is 0 Å². The van der Waals surface area contributed by atoms with Crippen molar-refractivity contribution < 1.29 is 9.90 Å². The number of rotatable bonds is 4. The Bertz CT molecular complexity index is 893. The van der Waals surface area contributed by atoms with Crippen LogP contribution in [0.2, 0.25) is 0 Å². The van der Waals surface area contributed by atoms with Crippen LogP contribution in [0.1, 0.15) is 31.1 Å². The molecule has 24 heavy (non-hydrogen) atoms. The molecule has 8 heteroatoms. The second-order valence-corrected chi connectivity index (χ2v) is 6.41. The van der Waals surface area contributed by atoms with Gasteiger partial charge in [-0.05, 0) is 20.8 Å². The van der Waals surface area contributed by atoms with E-state index >= 15 is 0 Å². The molecular formula is C16H20N6O2. The van der Waals surface area contributed by atoms with E-state index in [1.165, 1.54) is 0 Å². The molecule has 0 aromatic carbocycles. The first-order chi connectivity index (χ1) is 11.3. The van der Waals surface area contributed by atoms with Crippen LogP contribution >= 0.6 is 0 Å². The van der Waals surface area contributed by atoms with Gasteiger partial charge in [-0.3, -0.25) is 9.48 Å². The molecule has 3 N–H and O–H groups in total. The Morgan fingerprint density at radius 3 is 2.79 bits per heavy atom. The molecule has 0 spiro atoms. The highest BCUT2D eigenvalue weighted by molar-refractivity contribution is 6.05. The third-order valence-electron chi connectivity index (χ3n) is 4.11. The molecule has 126 valence electrons. The molecule has 0 bridgehead atoms. The first kappa shape index (κ1) is 16.1. The number of fused-ring (bicyclic) bond motifs is 1. The van der Waals surface area contributed by atoms with Crippen LogP contribution in [0, 0.1) is 0 Å². The Kier molecular flexibility index (Phi) is 3.84. The van der Waals surface area contributed by atoms with Gasteiger partial charge in [-0.15, -0.1) is 0 Å². The summed E-state index contributed by atoms with van der Waals surface area (Å²) in [5.41, 5.74) is 2.10. The number of amides is 1. The van der Waals surface area contributed by atoms with E-state index in [0.29, 0.717) is 22.4 Å². The minimum absolute atomic E-state index is 0.315. The Morgan fingerprint density at radius 1 is 1.42 bits per heavy atom. The van der Waals surface area contributed by atoms with E-state index in [1.807, 2.05) is 13.2 Å². The number of hydrogen-bond acceptors (Lipinski definition) is 5. The van der Waals surface area contributed by atoms with E-state index < -0.39 is 11.6 Å². The summed E-state index contributed by atoms with van der Waals surface area (Å²) in [6, 6.07) is 0. The molecule has 0 fully saturated rings. The number of H-pyrrole nitrogens is 1. The maximum atomic E-state index is 12.6. The largest absolute Gasteiger partial charge is 0.391 e. The fraction of sp³-hybridized carbons (Fsp3) is 0.375. The third kappa shape index (κ3) is 2.88. The summed E-state index contributed by atoms with van der Waals surface area (Å²) in [5.74, 6) is -0.315. The second kappa shape index (κ2) is 5.72. The number of aromatic nitrogens is 5. The van der Waals surface area contributed by atoms with Gasteiger partial charge >= 0.3 is 0 Å². The van der Waals surface area contributed by atoms with Crippen molar-refractivity contribution in [2.24, 2.45) is 7.05 Å². The molecule has 3 heterocycles. The maximum absolute atomic E-state index is 12.6. The Morgan fingerprint density at radius 2 is 2.17 bits per heavy atom. The van der Waals surface area contributed by atoms with E-state index in [0.717, 1.165) is 5.56 Å². The molecule has 3 rings (SSSR count). The predicted octanol–water partition coefficient (Wildman–Crippen LogP) is 1.25. The van der Waals surface area contributed by atoms with Gasteiger partial charge < -0.3 is 15.4 Å². The smallest absolute Gasteiger partial charge is 0.255 e. The standard InChI is InChI=1S/C16H20N6O2/c1-9(23)16(2,3)21-15(24)11-6-17-14-13(11)20-12(7-18-14)10-5-19-22(4)8-10/h5-9,23H,1-4H3,(H,17,18)(H,21,24)/t9-/m1/s1. The van der Waals surface area contributed by atoms with Crippen molar-refractivity contribution >= 4 is 17.1 Å². The number of carbonyl (C=O) groups excluding carboxylic acids is 1. The zero-order valence-electron chi connectivity index (χ0n) is 14.0. The first-order valence-corrected chi connectivity index (χ1v) is 7.61. The lowest BCUT2D eigenvalue weighted by Gasteiger charge is -2.29. The Labute approximate surface area is 138 Å². The molecule has 0 radical (unpaired) electrons. The van der Waals surface area contributed by atoms with Crippen molar-refractivity contribution in [2.75, 3.05) is 0 Å². The summed E-state index contributed by atoms with van der Waals surface area (Å²) in [7, 11) is 1.82. The van der Waals surface area contributed by atoms with Crippen molar-refractivity contribution in [1.82, 2.24) is 30.0 Å². The molecular weight excluding hydrogens is 308 g/mol. The van der Waals surface area contributed by atoms with E-state index in [-0.39, 0.29) is 5.91 Å². The van der Waals surface area contributed by atoms with E-state index in [9.17, 15) is 9.90 Å².